The quantitative estimate of drug-likeness (QED) is 0.287. The van der Waals surface area contributed by atoms with E-state index in [4.69, 9.17) is 0 Å². The van der Waals surface area contributed by atoms with Crippen molar-refractivity contribution in [3.05, 3.63) is 11.6 Å². The Morgan fingerprint density at radius 2 is 0.650 bits per heavy atom. The minimum Gasteiger partial charge on any atom is -0.393 e. The monoisotopic (exact) mass is 1410 g/mol. The maximum atomic E-state index is 12.4. The molecule has 1 N–H and O–H groups in total. The number of aliphatic hydroxyl groups excluding tert-OH is 1. The third-order valence-corrected chi connectivity index (χ3v) is 43.3. The third-order valence-electron chi connectivity index (χ3n) is 43.3. The molecule has 0 aliphatic heterocycles. The van der Waals surface area contributed by atoms with Crippen LogP contribution in [-0.4, -0.2) is 22.8 Å². The lowest BCUT2D eigenvalue weighted by molar-refractivity contribution is -0.143. The van der Waals surface area contributed by atoms with Crippen molar-refractivity contribution < 1.29 is 14.7 Å². The molecule has 20 aliphatic rings. The van der Waals surface area contributed by atoms with Crippen LogP contribution in [0.15, 0.2) is 11.6 Å². The lowest BCUT2D eigenvalue weighted by Gasteiger charge is -2.63. The van der Waals surface area contributed by atoms with Crippen LogP contribution in [0.2, 0.25) is 0 Å². The van der Waals surface area contributed by atoms with E-state index >= 15 is 0 Å². The smallest absolute Gasteiger partial charge is 0.133 e. The van der Waals surface area contributed by atoms with Crippen molar-refractivity contribution in [2.75, 3.05) is 0 Å². The van der Waals surface area contributed by atoms with Crippen LogP contribution in [0.4, 0.5) is 0 Å². The SMILES string of the molecule is CC(=O)[C@@H]1CCC[C@]23CCC4C(CC[C@H]5C[C@H](C)CC[C@]45C)C2CC[C@H]13.CC(=O)[C@H]1CCC[C@]23CCC4C(CC[C@H]5C[C@H](C)CC[C@]45C)C2CC[C@H]13.CC(O)C1CCC[C@]23CCC4C(CC[C@H]5C[C@H](C)CC[C@]45C)C2CC[C@H]13.CC=C1CCC[C@]23CCC4C(CC[C@H]5C[C@H](C)CC[C@]45C)C2CC[C@H]13. The number of aliphatic hydroxyl groups is 1. The van der Waals surface area contributed by atoms with Crippen LogP contribution in [0.1, 0.15) is 391 Å². The summed E-state index contributed by atoms with van der Waals surface area (Å²) >= 11 is 0. The van der Waals surface area contributed by atoms with Crippen LogP contribution in [0.3, 0.4) is 0 Å². The number of hydrogen-bond donors (Lipinski definition) is 1. The first-order valence-corrected chi connectivity index (χ1v) is 47.8. The molecule has 0 bridgehead atoms. The standard InChI is InChI=1S/C25H42O.2C25H40O.C25H40/c3*1-16-10-13-24(3)18(15-16)6-7-20-21(24)11-14-25-12-4-5-19(17(2)26)22(25)8-9-23(20)25;1-4-18-6-5-13-25-15-12-22-20(23(25)10-9-21(18)25)8-7-19-16-17(2)11-14-24(19,22)3/h16-23,26H,4-15H2,1-3H3;2*16,18-23H,4-15H2,1-3H3;4,17,19-23H,5-16H2,1-3H3/t16-,17?,18+,19?,20?,21?,22-,23?,24+,25-;16-,18+,19+,20?,21?,22-,23?,24+,25-;16-,18+,19-,20?,21?,22-,23?,24+,25-;17-,19+,20?,21-,22?,23?,24+,25-/m1111/s1. The van der Waals surface area contributed by atoms with Crippen molar-refractivity contribution in [3.63, 3.8) is 0 Å². The van der Waals surface area contributed by atoms with E-state index in [2.05, 4.69) is 75.3 Å². The highest BCUT2D eigenvalue weighted by molar-refractivity contribution is 5.79. The highest BCUT2D eigenvalue weighted by Gasteiger charge is 2.69. The maximum absolute atomic E-state index is 12.4. The second kappa shape index (κ2) is 28.3. The van der Waals surface area contributed by atoms with E-state index in [1.54, 1.807) is 51.4 Å². The van der Waals surface area contributed by atoms with Crippen molar-refractivity contribution in [2.24, 2.45) is 203 Å². The largest absolute Gasteiger partial charge is 0.393 e. The number of carbonyl (C=O) groups is 2. The first-order chi connectivity index (χ1) is 49.4. The van der Waals surface area contributed by atoms with Gasteiger partial charge in [-0.25, -0.2) is 0 Å². The van der Waals surface area contributed by atoms with Crippen molar-refractivity contribution in [3.8, 4) is 0 Å². The normalized spacial score (nSPS) is 56.6. The lowest BCUT2D eigenvalue weighted by Crippen LogP contribution is -2.55. The van der Waals surface area contributed by atoms with Crippen molar-refractivity contribution in [2.45, 2.75) is 397 Å². The molecule has 0 heterocycles. The summed E-state index contributed by atoms with van der Waals surface area (Å²) in [6, 6.07) is 0. The molecular formula is C100H162O3. The Labute approximate surface area is 634 Å². The topological polar surface area (TPSA) is 54.4 Å². The first kappa shape index (κ1) is 74.8. The second-order valence-electron chi connectivity index (χ2n) is 46.1. The van der Waals surface area contributed by atoms with Gasteiger partial charge in [-0.05, 0) is 482 Å². The number of hydrogen-bond acceptors (Lipinski definition) is 3. The molecule has 0 aromatic carbocycles. The Bertz CT molecular complexity index is 2960. The van der Waals surface area contributed by atoms with Crippen molar-refractivity contribution in [1.82, 2.24) is 0 Å². The molecule has 103 heavy (non-hydrogen) atoms. The fraction of sp³-hybridized carbons (Fsp3) is 0.960. The van der Waals surface area contributed by atoms with E-state index in [1.807, 2.05) is 19.4 Å². The van der Waals surface area contributed by atoms with Gasteiger partial charge in [-0.1, -0.05) is 112 Å². The number of allylic oxidation sites excluding steroid dienone is 2. The predicted molar refractivity (Wildman–Crippen MR) is 428 cm³/mol. The summed E-state index contributed by atoms with van der Waals surface area (Å²) in [6.45, 7) is 29.0. The van der Waals surface area contributed by atoms with E-state index in [-0.39, 0.29) is 6.10 Å². The molecule has 20 aliphatic carbocycles. The van der Waals surface area contributed by atoms with Crippen molar-refractivity contribution >= 4 is 11.6 Å². The van der Waals surface area contributed by atoms with Gasteiger partial charge in [0.2, 0.25) is 0 Å². The first-order valence-electron chi connectivity index (χ1n) is 47.8. The molecule has 3 heteroatoms. The summed E-state index contributed by atoms with van der Waals surface area (Å²) in [7, 11) is 0. The Balaban J connectivity index is 0.000000102. The Hall–Kier alpha value is -0.960. The molecular weight excluding hydrogens is 1250 g/mol. The van der Waals surface area contributed by atoms with Crippen molar-refractivity contribution in [1.29, 1.82) is 0 Å². The highest BCUT2D eigenvalue weighted by Crippen LogP contribution is 2.77. The predicted octanol–water partition coefficient (Wildman–Crippen LogP) is 27.1. The third kappa shape index (κ3) is 11.9. The van der Waals surface area contributed by atoms with E-state index in [0.717, 1.165) is 147 Å². The van der Waals surface area contributed by atoms with Gasteiger partial charge in [0, 0.05) is 11.8 Å². The second-order valence-corrected chi connectivity index (χ2v) is 46.1. The summed E-state index contributed by atoms with van der Waals surface area (Å²) < 4.78 is 0. The molecule has 0 radical (unpaired) electrons. The fourth-order valence-electron chi connectivity index (χ4n) is 38.9. The van der Waals surface area contributed by atoms with Gasteiger partial charge in [0.1, 0.15) is 11.6 Å². The zero-order valence-corrected chi connectivity index (χ0v) is 69.4. The number of fused-ring (bicyclic) bond motifs is 16. The zero-order valence-electron chi connectivity index (χ0n) is 69.4. The molecule has 0 aromatic rings. The molecule has 0 amide bonds. The molecule has 0 saturated heterocycles. The number of carbonyl (C=O) groups excluding carboxylic acids is 2. The van der Waals surface area contributed by atoms with Crippen LogP contribution in [-0.2, 0) is 9.59 Å². The molecule has 14 unspecified atom stereocenters. The maximum Gasteiger partial charge on any atom is 0.133 e. The van der Waals surface area contributed by atoms with Gasteiger partial charge in [-0.15, -0.1) is 0 Å². The number of rotatable bonds is 3. The van der Waals surface area contributed by atoms with Crippen LogP contribution >= 0.6 is 0 Å². The van der Waals surface area contributed by atoms with Gasteiger partial charge in [-0.3, -0.25) is 9.59 Å². The number of Topliss-reactive ketones (excluding diaryl/α,β-unsaturated/α-hetero) is 2. The molecule has 20 fully saturated rings. The van der Waals surface area contributed by atoms with Gasteiger partial charge in [-0.2, -0.15) is 0 Å². The summed E-state index contributed by atoms with van der Waals surface area (Å²) in [5, 5.41) is 10.5. The average molecular weight is 1410 g/mol. The molecule has 580 valence electrons. The van der Waals surface area contributed by atoms with Crippen LogP contribution in [0.5, 0.6) is 0 Å². The molecule has 20 rings (SSSR count). The van der Waals surface area contributed by atoms with Crippen LogP contribution in [0.25, 0.3) is 0 Å². The average Bonchev–Trinajstić information content (AvgIpc) is 0.966. The Morgan fingerprint density at radius 3 is 1.01 bits per heavy atom. The zero-order chi connectivity index (χ0) is 71.5. The molecule has 36 atom stereocenters. The fourth-order valence-corrected chi connectivity index (χ4v) is 38.9. The van der Waals surface area contributed by atoms with E-state index in [1.165, 1.54) is 257 Å². The van der Waals surface area contributed by atoms with Gasteiger partial charge >= 0.3 is 0 Å². The lowest BCUT2D eigenvalue weighted by atomic mass is 9.42. The summed E-state index contributed by atoms with van der Waals surface area (Å²) in [4.78, 5) is 24.7. The van der Waals surface area contributed by atoms with Crippen LogP contribution < -0.4 is 0 Å². The number of ketones is 2. The Kier molecular flexibility index (Phi) is 20.5. The summed E-state index contributed by atoms with van der Waals surface area (Å²) in [5.74, 6) is 26.0. The summed E-state index contributed by atoms with van der Waals surface area (Å²) in [6.07, 6.45) is 73.1. The van der Waals surface area contributed by atoms with Gasteiger partial charge in [0.15, 0.2) is 0 Å². The molecule has 0 aromatic heterocycles. The van der Waals surface area contributed by atoms with E-state index < -0.39 is 0 Å². The summed E-state index contributed by atoms with van der Waals surface area (Å²) in [5.41, 5.74) is 7.02. The minimum atomic E-state index is -0.0817. The molecule has 3 nitrogen and oxygen atoms in total. The van der Waals surface area contributed by atoms with Gasteiger partial charge in [0.05, 0.1) is 6.10 Å². The van der Waals surface area contributed by atoms with Crippen LogP contribution in [0, 0.1) is 203 Å². The van der Waals surface area contributed by atoms with E-state index in [9.17, 15) is 14.7 Å². The molecule has 20 saturated carbocycles. The van der Waals surface area contributed by atoms with Gasteiger partial charge in [0.25, 0.3) is 0 Å². The highest BCUT2D eigenvalue weighted by atomic mass is 16.3. The Morgan fingerprint density at radius 1 is 0.340 bits per heavy atom. The minimum absolute atomic E-state index is 0.0817. The molecule has 4 spiro atoms. The van der Waals surface area contributed by atoms with E-state index in [0.29, 0.717) is 67.2 Å². The van der Waals surface area contributed by atoms with Gasteiger partial charge < -0.3 is 5.11 Å².